The number of pyridine rings is 1. The fraction of sp³-hybridized carbons (Fsp3) is 0.391. The molecule has 2 aromatic rings. The maximum absolute atomic E-state index is 11.3. The molecule has 1 amide bonds. The lowest BCUT2D eigenvalue weighted by atomic mass is 10.1. The smallest absolute Gasteiger partial charge is 0.267 e. The summed E-state index contributed by atoms with van der Waals surface area (Å²) in [4.78, 5) is 23.1. The van der Waals surface area contributed by atoms with E-state index < -0.39 is 5.91 Å². The molecule has 0 saturated carbocycles. The standard InChI is InChI=1S/C23H29N5O2/c29-23(25-30)10-8-20-5-1-2-6-21(20)27-15-13-26(14-16-27)18-19-7-9-22(24-17-19)28-11-3-4-12-28/h1-2,5-10,17,30H,3-4,11-16,18H2,(H,25,29)/b10-8+. The Bertz CT molecular complexity index is 869. The minimum absolute atomic E-state index is 0.529. The van der Waals surface area contributed by atoms with Crippen molar-refractivity contribution in [3.05, 3.63) is 59.8 Å². The van der Waals surface area contributed by atoms with Gasteiger partial charge in [0.2, 0.25) is 0 Å². The molecule has 0 bridgehead atoms. The summed E-state index contributed by atoms with van der Waals surface area (Å²) in [5.74, 6) is 0.569. The molecular weight excluding hydrogens is 378 g/mol. The number of carbonyl (C=O) groups excluding carboxylic acids is 1. The molecule has 4 rings (SSSR count). The lowest BCUT2D eigenvalue weighted by molar-refractivity contribution is -0.124. The topological polar surface area (TPSA) is 71.9 Å². The van der Waals surface area contributed by atoms with Gasteiger partial charge < -0.3 is 9.80 Å². The van der Waals surface area contributed by atoms with Gasteiger partial charge in [-0.2, -0.15) is 0 Å². The molecule has 0 spiro atoms. The van der Waals surface area contributed by atoms with Gasteiger partial charge in [-0.1, -0.05) is 24.3 Å². The molecule has 30 heavy (non-hydrogen) atoms. The van der Waals surface area contributed by atoms with Gasteiger partial charge in [-0.25, -0.2) is 10.5 Å². The highest BCUT2D eigenvalue weighted by atomic mass is 16.5. The zero-order chi connectivity index (χ0) is 20.8. The number of para-hydroxylation sites is 1. The second-order valence-electron chi connectivity index (χ2n) is 7.85. The van der Waals surface area contributed by atoms with E-state index in [1.54, 1.807) is 11.6 Å². The van der Waals surface area contributed by atoms with Crippen molar-refractivity contribution >= 4 is 23.5 Å². The van der Waals surface area contributed by atoms with Crippen molar-refractivity contribution < 1.29 is 10.0 Å². The summed E-state index contributed by atoms with van der Waals surface area (Å²) in [7, 11) is 0. The molecule has 7 nitrogen and oxygen atoms in total. The predicted octanol–water partition coefficient (Wildman–Crippen LogP) is 2.52. The van der Waals surface area contributed by atoms with Crippen LogP contribution in [0.1, 0.15) is 24.0 Å². The molecule has 0 aliphatic carbocycles. The third kappa shape index (κ3) is 4.98. The van der Waals surface area contributed by atoms with Crippen molar-refractivity contribution in [1.29, 1.82) is 0 Å². The number of nitrogens with one attached hydrogen (secondary N) is 1. The van der Waals surface area contributed by atoms with Crippen LogP contribution in [0.15, 0.2) is 48.7 Å². The number of hydroxylamine groups is 1. The van der Waals surface area contributed by atoms with Crippen LogP contribution in [0.5, 0.6) is 0 Å². The molecule has 2 fully saturated rings. The van der Waals surface area contributed by atoms with Gasteiger partial charge in [0.05, 0.1) is 0 Å². The van der Waals surface area contributed by atoms with Crippen molar-refractivity contribution in [2.75, 3.05) is 49.1 Å². The normalized spacial score (nSPS) is 17.6. The van der Waals surface area contributed by atoms with E-state index in [-0.39, 0.29) is 0 Å². The molecule has 2 aliphatic heterocycles. The second kappa shape index (κ2) is 9.73. The monoisotopic (exact) mass is 407 g/mol. The number of anilines is 2. The van der Waals surface area contributed by atoms with Crippen LogP contribution in [0.3, 0.4) is 0 Å². The number of aromatic nitrogens is 1. The molecule has 1 aromatic carbocycles. The van der Waals surface area contributed by atoms with Gasteiger partial charge >= 0.3 is 0 Å². The molecule has 0 radical (unpaired) electrons. The number of amides is 1. The fourth-order valence-electron chi connectivity index (χ4n) is 4.17. The van der Waals surface area contributed by atoms with Crippen LogP contribution in [-0.2, 0) is 11.3 Å². The SMILES string of the molecule is O=C(/C=C/c1ccccc1N1CCN(Cc2ccc(N3CCCC3)nc2)CC1)NO. The number of benzene rings is 1. The van der Waals surface area contributed by atoms with E-state index >= 15 is 0 Å². The molecule has 158 valence electrons. The lowest BCUT2D eigenvalue weighted by Crippen LogP contribution is -2.46. The predicted molar refractivity (Wildman–Crippen MR) is 119 cm³/mol. The summed E-state index contributed by atoms with van der Waals surface area (Å²) >= 11 is 0. The highest BCUT2D eigenvalue weighted by Gasteiger charge is 2.19. The first-order chi connectivity index (χ1) is 14.7. The summed E-state index contributed by atoms with van der Waals surface area (Å²) in [5, 5.41) is 8.68. The Hall–Kier alpha value is -2.90. The van der Waals surface area contributed by atoms with Gasteiger partial charge in [0, 0.05) is 63.8 Å². The Kier molecular flexibility index (Phi) is 6.61. The maximum atomic E-state index is 11.3. The van der Waals surface area contributed by atoms with Crippen LogP contribution in [0.2, 0.25) is 0 Å². The molecule has 0 unspecified atom stereocenters. The zero-order valence-corrected chi connectivity index (χ0v) is 17.2. The van der Waals surface area contributed by atoms with Crippen molar-refractivity contribution in [2.24, 2.45) is 0 Å². The zero-order valence-electron chi connectivity index (χ0n) is 17.2. The quantitative estimate of drug-likeness (QED) is 0.436. The first kappa shape index (κ1) is 20.4. The lowest BCUT2D eigenvalue weighted by Gasteiger charge is -2.36. The Morgan fingerprint density at radius 1 is 1.00 bits per heavy atom. The molecule has 0 atom stereocenters. The summed E-state index contributed by atoms with van der Waals surface area (Å²) in [5.41, 5.74) is 4.96. The van der Waals surface area contributed by atoms with E-state index in [2.05, 4.69) is 37.9 Å². The third-order valence-electron chi connectivity index (χ3n) is 5.82. The van der Waals surface area contributed by atoms with Crippen LogP contribution >= 0.6 is 0 Å². The Morgan fingerprint density at radius 2 is 1.77 bits per heavy atom. The van der Waals surface area contributed by atoms with Crippen molar-refractivity contribution in [1.82, 2.24) is 15.4 Å². The van der Waals surface area contributed by atoms with Crippen molar-refractivity contribution in [3.8, 4) is 0 Å². The van der Waals surface area contributed by atoms with Crippen LogP contribution in [0, 0.1) is 0 Å². The number of nitrogens with zero attached hydrogens (tertiary/aromatic N) is 4. The third-order valence-corrected chi connectivity index (χ3v) is 5.82. The number of hydrogen-bond donors (Lipinski definition) is 2. The summed E-state index contributed by atoms with van der Waals surface area (Å²) < 4.78 is 0. The molecule has 7 heteroatoms. The van der Waals surface area contributed by atoms with Crippen LogP contribution in [0.25, 0.3) is 6.08 Å². The summed E-state index contributed by atoms with van der Waals surface area (Å²) in [6.45, 7) is 6.96. The van der Waals surface area contributed by atoms with Gasteiger partial charge in [-0.3, -0.25) is 14.9 Å². The van der Waals surface area contributed by atoms with E-state index in [1.165, 1.54) is 24.5 Å². The van der Waals surface area contributed by atoms with E-state index in [0.29, 0.717) is 0 Å². The first-order valence-electron chi connectivity index (χ1n) is 10.6. The highest BCUT2D eigenvalue weighted by Crippen LogP contribution is 2.24. The second-order valence-corrected chi connectivity index (χ2v) is 7.85. The van der Waals surface area contributed by atoms with Gasteiger partial charge in [-0.05, 0) is 42.2 Å². The summed E-state index contributed by atoms with van der Waals surface area (Å²) in [6.07, 6.45) is 7.63. The van der Waals surface area contributed by atoms with Crippen molar-refractivity contribution in [3.63, 3.8) is 0 Å². The van der Waals surface area contributed by atoms with E-state index in [0.717, 1.165) is 62.9 Å². The summed E-state index contributed by atoms with van der Waals surface area (Å²) in [6, 6.07) is 12.4. The minimum Gasteiger partial charge on any atom is -0.368 e. The number of hydrogen-bond acceptors (Lipinski definition) is 6. The van der Waals surface area contributed by atoms with Gasteiger partial charge in [-0.15, -0.1) is 0 Å². The van der Waals surface area contributed by atoms with Crippen LogP contribution < -0.4 is 15.3 Å². The van der Waals surface area contributed by atoms with E-state index in [9.17, 15) is 4.79 Å². The Labute approximate surface area is 177 Å². The fourth-order valence-corrected chi connectivity index (χ4v) is 4.17. The largest absolute Gasteiger partial charge is 0.368 e. The average molecular weight is 408 g/mol. The van der Waals surface area contributed by atoms with E-state index in [4.69, 9.17) is 5.21 Å². The molecule has 2 aliphatic rings. The van der Waals surface area contributed by atoms with Crippen LogP contribution in [0.4, 0.5) is 11.5 Å². The minimum atomic E-state index is -0.529. The molecule has 2 N–H and O–H groups in total. The van der Waals surface area contributed by atoms with Gasteiger partial charge in [0.15, 0.2) is 0 Å². The number of carbonyl (C=O) groups is 1. The molecule has 2 saturated heterocycles. The van der Waals surface area contributed by atoms with E-state index in [1.807, 2.05) is 24.4 Å². The number of piperazine rings is 1. The number of rotatable bonds is 6. The van der Waals surface area contributed by atoms with Gasteiger partial charge in [0.1, 0.15) is 5.82 Å². The Morgan fingerprint density at radius 3 is 2.47 bits per heavy atom. The van der Waals surface area contributed by atoms with Crippen molar-refractivity contribution in [2.45, 2.75) is 19.4 Å². The van der Waals surface area contributed by atoms with Gasteiger partial charge in [0.25, 0.3) is 5.91 Å². The average Bonchev–Trinajstić information content (AvgIpc) is 3.34. The molecule has 3 heterocycles. The first-order valence-corrected chi connectivity index (χ1v) is 10.6. The molecule has 1 aromatic heterocycles. The Balaban J connectivity index is 1.33. The maximum Gasteiger partial charge on any atom is 0.267 e. The highest BCUT2D eigenvalue weighted by molar-refractivity contribution is 5.91. The van der Waals surface area contributed by atoms with Crippen LogP contribution in [-0.4, -0.2) is 60.3 Å². The molecular formula is C23H29N5O2.